The minimum absolute atomic E-state index is 0.214. The molecule has 0 aliphatic rings. The second-order valence-electron chi connectivity index (χ2n) is 6.02. The van der Waals surface area contributed by atoms with E-state index in [1.807, 2.05) is 27.8 Å². The zero-order chi connectivity index (χ0) is 15.2. The Morgan fingerprint density at radius 2 is 1.84 bits per heavy atom. The average molecular weight is 273 g/mol. The summed E-state index contributed by atoms with van der Waals surface area (Å²) in [5, 5.41) is 3.28. The van der Waals surface area contributed by atoms with Gasteiger partial charge in [-0.05, 0) is 48.1 Å². The van der Waals surface area contributed by atoms with E-state index in [1.165, 1.54) is 0 Å². The Kier molecular flexibility index (Phi) is 7.55. The van der Waals surface area contributed by atoms with Crippen molar-refractivity contribution in [3.05, 3.63) is 0 Å². The molecule has 0 aliphatic heterocycles. The third-order valence-corrected chi connectivity index (χ3v) is 3.65. The molecule has 0 saturated carbocycles. The van der Waals surface area contributed by atoms with Gasteiger partial charge in [-0.15, -0.1) is 0 Å². The van der Waals surface area contributed by atoms with Gasteiger partial charge in [0, 0.05) is 25.2 Å². The van der Waals surface area contributed by atoms with Crippen LogP contribution in [-0.2, 0) is 9.53 Å². The van der Waals surface area contributed by atoms with Crippen molar-refractivity contribution in [2.24, 2.45) is 5.73 Å². The zero-order valence-corrected chi connectivity index (χ0v) is 13.5. The van der Waals surface area contributed by atoms with Crippen molar-refractivity contribution in [3.8, 4) is 0 Å². The number of ether oxygens (including phenoxy) is 1. The average Bonchev–Trinajstić information content (AvgIpc) is 2.26. The molecule has 19 heavy (non-hydrogen) atoms. The summed E-state index contributed by atoms with van der Waals surface area (Å²) in [6.45, 7) is 10.8. The summed E-state index contributed by atoms with van der Waals surface area (Å²) in [4.78, 5) is 13.9. The molecule has 5 heteroatoms. The number of rotatable bonds is 9. The number of likely N-dealkylation sites (N-methyl/N-ethyl adjacent to an activating group) is 1. The number of primary amides is 1. The minimum Gasteiger partial charge on any atom is -0.383 e. The summed E-state index contributed by atoms with van der Waals surface area (Å²) in [5.74, 6) is -0.305. The minimum atomic E-state index is -0.686. The summed E-state index contributed by atoms with van der Waals surface area (Å²) >= 11 is 0. The van der Waals surface area contributed by atoms with Gasteiger partial charge in [0.2, 0.25) is 5.91 Å². The standard InChI is InChI=1S/C14H31N3O2/c1-10(2)16-14(5,13(15)18)8-11(3)17(6)12(4)9-19-7/h10-12,16H,8-9H2,1-7H3,(H2,15,18). The number of amides is 1. The first-order valence-corrected chi connectivity index (χ1v) is 6.92. The molecule has 0 rings (SSSR count). The first kappa shape index (κ1) is 18.4. The highest BCUT2D eigenvalue weighted by Crippen LogP contribution is 2.18. The third kappa shape index (κ3) is 5.89. The predicted molar refractivity (Wildman–Crippen MR) is 79.1 cm³/mol. The lowest BCUT2D eigenvalue weighted by atomic mass is 9.91. The molecule has 114 valence electrons. The number of hydrogen-bond donors (Lipinski definition) is 2. The van der Waals surface area contributed by atoms with Gasteiger partial charge in [0.1, 0.15) is 0 Å². The van der Waals surface area contributed by atoms with Crippen molar-refractivity contribution in [2.75, 3.05) is 20.8 Å². The molecule has 3 unspecified atom stereocenters. The Morgan fingerprint density at radius 1 is 1.32 bits per heavy atom. The van der Waals surface area contributed by atoms with E-state index in [9.17, 15) is 4.79 Å². The molecule has 0 radical (unpaired) electrons. The number of carbonyl (C=O) groups excluding carboxylic acids is 1. The molecule has 0 aromatic carbocycles. The second kappa shape index (κ2) is 7.82. The Labute approximate surface area is 117 Å². The van der Waals surface area contributed by atoms with Crippen LogP contribution in [0.15, 0.2) is 0 Å². The molecule has 5 nitrogen and oxygen atoms in total. The lowest BCUT2D eigenvalue weighted by Gasteiger charge is -2.37. The zero-order valence-electron chi connectivity index (χ0n) is 13.5. The SMILES string of the molecule is COCC(C)N(C)C(C)CC(C)(NC(C)C)C(N)=O. The van der Waals surface area contributed by atoms with E-state index in [2.05, 4.69) is 24.1 Å². The quantitative estimate of drug-likeness (QED) is 0.657. The van der Waals surface area contributed by atoms with Crippen LogP contribution in [0.25, 0.3) is 0 Å². The number of nitrogens with zero attached hydrogens (tertiary/aromatic N) is 1. The number of nitrogens with two attached hydrogens (primary N) is 1. The molecular weight excluding hydrogens is 242 g/mol. The van der Waals surface area contributed by atoms with Crippen molar-refractivity contribution in [3.63, 3.8) is 0 Å². The van der Waals surface area contributed by atoms with Crippen LogP contribution in [0.2, 0.25) is 0 Å². The molecule has 0 heterocycles. The maximum Gasteiger partial charge on any atom is 0.237 e. The summed E-state index contributed by atoms with van der Waals surface area (Å²) in [5.41, 5.74) is 4.87. The first-order valence-electron chi connectivity index (χ1n) is 6.92. The van der Waals surface area contributed by atoms with E-state index in [0.717, 1.165) is 0 Å². The van der Waals surface area contributed by atoms with E-state index in [1.54, 1.807) is 7.11 Å². The fourth-order valence-electron chi connectivity index (χ4n) is 2.40. The fraction of sp³-hybridized carbons (Fsp3) is 0.929. The number of hydrogen-bond acceptors (Lipinski definition) is 4. The van der Waals surface area contributed by atoms with Crippen LogP contribution in [0, 0.1) is 0 Å². The highest BCUT2D eigenvalue weighted by atomic mass is 16.5. The van der Waals surface area contributed by atoms with Crippen molar-refractivity contribution >= 4 is 5.91 Å². The van der Waals surface area contributed by atoms with Crippen molar-refractivity contribution in [1.82, 2.24) is 10.2 Å². The molecule has 0 fully saturated rings. The molecule has 1 amide bonds. The fourth-order valence-corrected chi connectivity index (χ4v) is 2.40. The number of nitrogens with one attached hydrogen (secondary N) is 1. The molecular formula is C14H31N3O2. The van der Waals surface area contributed by atoms with Crippen LogP contribution in [-0.4, -0.2) is 55.2 Å². The van der Waals surface area contributed by atoms with E-state index < -0.39 is 5.54 Å². The first-order chi connectivity index (χ1) is 8.64. The Balaban J connectivity index is 4.71. The van der Waals surface area contributed by atoms with Crippen LogP contribution in [0.5, 0.6) is 0 Å². The maximum atomic E-state index is 11.7. The molecule has 0 aromatic rings. The number of methoxy groups -OCH3 is 1. The molecule has 3 N–H and O–H groups in total. The Morgan fingerprint density at radius 3 is 2.21 bits per heavy atom. The topological polar surface area (TPSA) is 67.6 Å². The van der Waals surface area contributed by atoms with Crippen LogP contribution in [0.3, 0.4) is 0 Å². The number of carbonyl (C=O) groups is 1. The lowest BCUT2D eigenvalue weighted by Crippen LogP contribution is -2.58. The molecule has 0 spiro atoms. The summed E-state index contributed by atoms with van der Waals surface area (Å²) in [6, 6.07) is 0.747. The molecule has 0 saturated heterocycles. The van der Waals surface area contributed by atoms with Gasteiger partial charge in [-0.1, -0.05) is 0 Å². The summed E-state index contributed by atoms with van der Waals surface area (Å²) in [6.07, 6.45) is 0.672. The van der Waals surface area contributed by atoms with Gasteiger partial charge < -0.3 is 15.8 Å². The third-order valence-electron chi connectivity index (χ3n) is 3.65. The van der Waals surface area contributed by atoms with E-state index in [-0.39, 0.29) is 18.0 Å². The van der Waals surface area contributed by atoms with Gasteiger partial charge in [0.15, 0.2) is 0 Å². The highest BCUT2D eigenvalue weighted by Gasteiger charge is 2.34. The van der Waals surface area contributed by atoms with Crippen LogP contribution < -0.4 is 11.1 Å². The monoisotopic (exact) mass is 273 g/mol. The molecule has 0 aromatic heterocycles. The predicted octanol–water partition coefficient (Wildman–Crippen LogP) is 0.974. The largest absolute Gasteiger partial charge is 0.383 e. The van der Waals surface area contributed by atoms with Crippen molar-refractivity contribution in [1.29, 1.82) is 0 Å². The van der Waals surface area contributed by atoms with Crippen LogP contribution >= 0.6 is 0 Å². The summed E-state index contributed by atoms with van der Waals surface area (Å²) < 4.78 is 5.17. The second-order valence-corrected chi connectivity index (χ2v) is 6.02. The van der Waals surface area contributed by atoms with Crippen molar-refractivity contribution in [2.45, 2.75) is 64.7 Å². The van der Waals surface area contributed by atoms with Gasteiger partial charge in [-0.2, -0.15) is 0 Å². The summed E-state index contributed by atoms with van der Waals surface area (Å²) in [7, 11) is 3.74. The van der Waals surface area contributed by atoms with E-state index >= 15 is 0 Å². The van der Waals surface area contributed by atoms with E-state index in [4.69, 9.17) is 10.5 Å². The van der Waals surface area contributed by atoms with Gasteiger partial charge in [-0.25, -0.2) is 0 Å². The Bertz CT molecular complexity index is 284. The van der Waals surface area contributed by atoms with Gasteiger partial charge in [0.05, 0.1) is 12.1 Å². The molecule has 3 atom stereocenters. The van der Waals surface area contributed by atoms with Gasteiger partial charge >= 0.3 is 0 Å². The normalized spacial score (nSPS) is 18.4. The van der Waals surface area contributed by atoms with E-state index in [0.29, 0.717) is 19.1 Å². The lowest BCUT2D eigenvalue weighted by molar-refractivity contribution is -0.125. The van der Waals surface area contributed by atoms with Crippen molar-refractivity contribution < 1.29 is 9.53 Å². The molecule has 0 aliphatic carbocycles. The highest BCUT2D eigenvalue weighted by molar-refractivity contribution is 5.84. The van der Waals surface area contributed by atoms with Gasteiger partial charge in [0.25, 0.3) is 0 Å². The Hall–Kier alpha value is -0.650. The van der Waals surface area contributed by atoms with Crippen LogP contribution in [0.4, 0.5) is 0 Å². The van der Waals surface area contributed by atoms with Crippen LogP contribution in [0.1, 0.15) is 41.0 Å². The van der Waals surface area contributed by atoms with Gasteiger partial charge in [-0.3, -0.25) is 9.69 Å². The smallest absolute Gasteiger partial charge is 0.237 e. The maximum absolute atomic E-state index is 11.7. The molecule has 0 bridgehead atoms.